The topological polar surface area (TPSA) is 80.3 Å². The molecule has 0 spiro atoms. The van der Waals surface area contributed by atoms with Gasteiger partial charge in [0.05, 0.1) is 15.6 Å². The quantitative estimate of drug-likeness (QED) is 0.424. The van der Waals surface area contributed by atoms with Crippen LogP contribution in [0.1, 0.15) is 42.3 Å². The van der Waals surface area contributed by atoms with Gasteiger partial charge < -0.3 is 10.1 Å². The molecule has 1 heterocycles. The zero-order chi connectivity index (χ0) is 24.0. The molecule has 0 aliphatic rings. The molecule has 0 unspecified atom stereocenters. The number of ether oxygens (including phenoxy) is 1. The minimum atomic E-state index is -0.656. The van der Waals surface area contributed by atoms with Crippen LogP contribution in [-0.2, 0) is 4.74 Å². The monoisotopic (exact) mass is 481 g/mol. The largest absolute Gasteiger partial charge is 0.444 e. The summed E-state index contributed by atoms with van der Waals surface area (Å²) < 4.78 is 5.22. The normalized spacial score (nSPS) is 10.6. The molecule has 0 saturated heterocycles. The molecule has 0 bridgehead atoms. The van der Waals surface area contributed by atoms with Crippen molar-refractivity contribution in [2.75, 3.05) is 10.6 Å². The summed E-state index contributed by atoms with van der Waals surface area (Å²) in [5.74, 6) is 5.63. The number of carbonyl (C=O) groups excluding carboxylic acids is 2. The number of nitrogens with one attached hydrogen (secondary N) is 2. The minimum Gasteiger partial charge on any atom is -0.444 e. The van der Waals surface area contributed by atoms with Gasteiger partial charge in [0.2, 0.25) is 0 Å². The fraction of sp³-hybridized carbons (Fsp3) is 0.160. The first-order chi connectivity index (χ1) is 15.6. The van der Waals surface area contributed by atoms with Gasteiger partial charge in [0.15, 0.2) is 5.82 Å². The van der Waals surface area contributed by atoms with Crippen LogP contribution in [0.3, 0.4) is 0 Å². The molecule has 0 fully saturated rings. The fourth-order valence-corrected chi connectivity index (χ4v) is 3.05. The van der Waals surface area contributed by atoms with E-state index in [1.807, 2.05) is 30.3 Å². The van der Waals surface area contributed by atoms with Gasteiger partial charge in [-0.05, 0) is 57.2 Å². The number of carbonyl (C=O) groups is 2. The maximum atomic E-state index is 12.8. The third kappa shape index (κ3) is 7.25. The highest BCUT2D eigenvalue weighted by molar-refractivity contribution is 6.36. The van der Waals surface area contributed by atoms with Crippen molar-refractivity contribution in [3.63, 3.8) is 0 Å². The highest BCUT2D eigenvalue weighted by Gasteiger charge is 2.18. The zero-order valence-corrected chi connectivity index (χ0v) is 19.7. The molecule has 2 aromatic carbocycles. The molecule has 0 aliphatic heterocycles. The van der Waals surface area contributed by atoms with Crippen LogP contribution >= 0.6 is 23.2 Å². The summed E-state index contributed by atoms with van der Waals surface area (Å²) in [5, 5.41) is 5.63. The molecule has 0 saturated carbocycles. The molecule has 3 aromatic rings. The van der Waals surface area contributed by atoms with Crippen molar-refractivity contribution in [3.8, 4) is 11.8 Å². The van der Waals surface area contributed by atoms with E-state index in [0.29, 0.717) is 11.3 Å². The lowest BCUT2D eigenvalue weighted by molar-refractivity contribution is 0.0635. The van der Waals surface area contributed by atoms with Crippen LogP contribution in [0, 0.1) is 11.8 Å². The molecule has 3 rings (SSSR count). The lowest BCUT2D eigenvalue weighted by Gasteiger charge is -2.19. The second-order valence-corrected chi connectivity index (χ2v) is 8.76. The van der Waals surface area contributed by atoms with Gasteiger partial charge in [0, 0.05) is 23.0 Å². The van der Waals surface area contributed by atoms with Crippen molar-refractivity contribution in [1.82, 2.24) is 4.98 Å². The average molecular weight is 482 g/mol. The van der Waals surface area contributed by atoms with Gasteiger partial charge in [0.25, 0.3) is 5.91 Å². The second-order valence-electron chi connectivity index (χ2n) is 7.95. The number of aromatic nitrogens is 1. The van der Waals surface area contributed by atoms with Crippen LogP contribution in [-0.4, -0.2) is 22.6 Å². The van der Waals surface area contributed by atoms with E-state index in [1.165, 1.54) is 18.3 Å². The number of rotatable bonds is 3. The Labute approximate surface area is 202 Å². The van der Waals surface area contributed by atoms with Crippen LogP contribution in [0.4, 0.5) is 16.3 Å². The summed E-state index contributed by atoms with van der Waals surface area (Å²) in [6.45, 7) is 5.26. The van der Waals surface area contributed by atoms with Crippen molar-refractivity contribution < 1.29 is 14.3 Å². The molecule has 0 aliphatic carbocycles. The first-order valence-electron chi connectivity index (χ1n) is 9.94. The first-order valence-corrected chi connectivity index (χ1v) is 10.7. The molecule has 0 radical (unpaired) electrons. The van der Waals surface area contributed by atoms with Crippen LogP contribution in [0.15, 0.2) is 60.8 Å². The Bertz CT molecular complexity index is 1240. The van der Waals surface area contributed by atoms with Gasteiger partial charge in [-0.2, -0.15) is 0 Å². The van der Waals surface area contributed by atoms with E-state index < -0.39 is 17.6 Å². The number of hydrogen-bond acceptors (Lipinski definition) is 4. The van der Waals surface area contributed by atoms with Crippen LogP contribution < -0.4 is 10.6 Å². The van der Waals surface area contributed by atoms with Gasteiger partial charge in [-0.25, -0.2) is 9.78 Å². The standard InChI is InChI=1S/C25H21Cl2N3O3/c1-25(2,3)33-24(32)29-18-11-12-20(26)19(14-18)23(31)30-22-21(27)13-17(15-28-22)10-9-16-7-5-4-6-8-16/h4-8,11-15H,1-3H3,(H,29,32)(H,28,30,31). The summed E-state index contributed by atoms with van der Waals surface area (Å²) in [7, 11) is 0. The van der Waals surface area contributed by atoms with E-state index in [2.05, 4.69) is 27.5 Å². The average Bonchev–Trinajstić information content (AvgIpc) is 2.74. The Morgan fingerprint density at radius 3 is 2.27 bits per heavy atom. The SMILES string of the molecule is CC(C)(C)OC(=O)Nc1ccc(Cl)c(C(=O)Nc2ncc(C#Cc3ccccc3)cc2Cl)c1. The number of benzene rings is 2. The maximum Gasteiger partial charge on any atom is 0.412 e. The van der Waals surface area contributed by atoms with Gasteiger partial charge in [-0.15, -0.1) is 0 Å². The Balaban J connectivity index is 1.73. The van der Waals surface area contributed by atoms with E-state index in [4.69, 9.17) is 27.9 Å². The number of halogens is 2. The minimum absolute atomic E-state index is 0.135. The van der Waals surface area contributed by atoms with Crippen molar-refractivity contribution in [1.29, 1.82) is 0 Å². The van der Waals surface area contributed by atoms with Gasteiger partial charge >= 0.3 is 6.09 Å². The van der Waals surface area contributed by atoms with Gasteiger partial charge in [0.1, 0.15) is 5.60 Å². The first kappa shape index (κ1) is 24.1. The maximum absolute atomic E-state index is 12.8. The summed E-state index contributed by atoms with van der Waals surface area (Å²) >= 11 is 12.5. The number of anilines is 2. The van der Waals surface area contributed by atoms with E-state index in [9.17, 15) is 9.59 Å². The molecule has 168 valence electrons. The second kappa shape index (κ2) is 10.4. The summed E-state index contributed by atoms with van der Waals surface area (Å²) in [6.07, 6.45) is 0.868. The highest BCUT2D eigenvalue weighted by Crippen LogP contribution is 2.25. The fourth-order valence-electron chi connectivity index (χ4n) is 2.64. The molecular weight excluding hydrogens is 461 g/mol. The molecular formula is C25H21Cl2N3O3. The van der Waals surface area contributed by atoms with Crippen molar-refractivity contribution >= 4 is 46.7 Å². The van der Waals surface area contributed by atoms with Crippen molar-refractivity contribution in [3.05, 3.63) is 87.5 Å². The molecule has 8 heteroatoms. The van der Waals surface area contributed by atoms with Crippen LogP contribution in [0.5, 0.6) is 0 Å². The molecule has 0 atom stereocenters. The number of pyridine rings is 1. The number of nitrogens with zero attached hydrogens (tertiary/aromatic N) is 1. The van der Waals surface area contributed by atoms with E-state index >= 15 is 0 Å². The highest BCUT2D eigenvalue weighted by atomic mass is 35.5. The Kier molecular flexibility index (Phi) is 7.59. The summed E-state index contributed by atoms with van der Waals surface area (Å²) in [4.78, 5) is 29.0. The van der Waals surface area contributed by atoms with Gasteiger partial charge in [-0.3, -0.25) is 10.1 Å². The third-order valence-corrected chi connectivity index (χ3v) is 4.67. The van der Waals surface area contributed by atoms with Crippen molar-refractivity contribution in [2.24, 2.45) is 0 Å². The van der Waals surface area contributed by atoms with Crippen LogP contribution in [0.2, 0.25) is 10.0 Å². The smallest absolute Gasteiger partial charge is 0.412 e. The number of amides is 2. The Morgan fingerprint density at radius 1 is 0.909 bits per heavy atom. The van der Waals surface area contributed by atoms with E-state index in [1.54, 1.807) is 32.9 Å². The van der Waals surface area contributed by atoms with Crippen molar-refractivity contribution in [2.45, 2.75) is 26.4 Å². The Hall–Kier alpha value is -3.53. The molecule has 2 N–H and O–H groups in total. The lowest BCUT2D eigenvalue weighted by atomic mass is 10.1. The molecule has 1 aromatic heterocycles. The van der Waals surface area contributed by atoms with E-state index in [-0.39, 0.29) is 21.4 Å². The third-order valence-electron chi connectivity index (χ3n) is 4.05. The van der Waals surface area contributed by atoms with Gasteiger partial charge in [-0.1, -0.05) is 53.2 Å². The number of hydrogen-bond donors (Lipinski definition) is 2. The van der Waals surface area contributed by atoms with E-state index in [0.717, 1.165) is 5.56 Å². The predicted molar refractivity (Wildman–Crippen MR) is 131 cm³/mol. The lowest BCUT2D eigenvalue weighted by Crippen LogP contribution is -2.27. The zero-order valence-electron chi connectivity index (χ0n) is 18.2. The van der Waals surface area contributed by atoms with Crippen LogP contribution in [0.25, 0.3) is 0 Å². The molecule has 6 nitrogen and oxygen atoms in total. The summed E-state index contributed by atoms with van der Waals surface area (Å²) in [5.41, 5.74) is 1.29. The molecule has 33 heavy (non-hydrogen) atoms. The Morgan fingerprint density at radius 2 is 1.61 bits per heavy atom. The molecule has 2 amide bonds. The predicted octanol–water partition coefficient (Wildman–Crippen LogP) is 6.39. The summed E-state index contributed by atoms with van der Waals surface area (Å²) in [6, 6.07) is 15.6.